The van der Waals surface area contributed by atoms with Crippen LogP contribution in [-0.2, 0) is 6.54 Å². The van der Waals surface area contributed by atoms with Gasteiger partial charge in [0.2, 0.25) is 0 Å². The molecule has 0 fully saturated rings. The van der Waals surface area contributed by atoms with Gasteiger partial charge in [-0.1, -0.05) is 17.7 Å². The Balaban J connectivity index is 2.29. The number of aromatic nitrogens is 1. The minimum Gasteiger partial charge on any atom is -0.396 e. The lowest BCUT2D eigenvalue weighted by Crippen LogP contribution is -2.31. The molecule has 0 atom stereocenters. The van der Waals surface area contributed by atoms with Crippen LogP contribution in [0.3, 0.4) is 0 Å². The van der Waals surface area contributed by atoms with Crippen LogP contribution in [0.15, 0.2) is 29.8 Å². The molecule has 0 aliphatic rings. The minimum atomic E-state index is 0.322. The molecule has 0 saturated carbocycles. The number of hydrogen-bond donors (Lipinski definition) is 1. The average molecular weight is 282 g/mol. The van der Waals surface area contributed by atoms with Crippen LogP contribution in [0.2, 0.25) is 5.02 Å². The second-order valence-corrected chi connectivity index (χ2v) is 5.84. The second kappa shape index (κ2) is 5.59. The summed E-state index contributed by atoms with van der Waals surface area (Å²) in [4.78, 5) is 7.82. The summed E-state index contributed by atoms with van der Waals surface area (Å²) in [7, 11) is 0. The van der Waals surface area contributed by atoms with Gasteiger partial charge in [-0.3, -0.25) is 0 Å². The second-order valence-electron chi connectivity index (χ2n) is 4.37. The average Bonchev–Trinajstić information content (AvgIpc) is 2.79. The quantitative estimate of drug-likeness (QED) is 0.927. The van der Waals surface area contributed by atoms with E-state index in [1.165, 1.54) is 4.88 Å². The summed E-state index contributed by atoms with van der Waals surface area (Å²) < 4.78 is 0. The van der Waals surface area contributed by atoms with Gasteiger partial charge in [-0.25, -0.2) is 4.98 Å². The molecule has 5 heteroatoms. The van der Waals surface area contributed by atoms with Crippen molar-refractivity contribution in [3.8, 4) is 0 Å². The lowest BCUT2D eigenvalue weighted by molar-refractivity contribution is 0.678. The SMILES string of the molecule is CC(C)N(Cc1cccs1)c1ncc(Cl)cc1N. The Kier molecular flexibility index (Phi) is 4.09. The number of hydrogen-bond acceptors (Lipinski definition) is 4. The molecule has 2 aromatic heterocycles. The lowest BCUT2D eigenvalue weighted by Gasteiger charge is -2.28. The molecule has 0 radical (unpaired) electrons. The molecule has 0 aliphatic heterocycles. The van der Waals surface area contributed by atoms with Gasteiger partial charge in [0.05, 0.1) is 17.3 Å². The maximum atomic E-state index is 6.00. The van der Waals surface area contributed by atoms with E-state index >= 15 is 0 Å². The highest BCUT2D eigenvalue weighted by molar-refractivity contribution is 7.09. The maximum Gasteiger partial charge on any atom is 0.152 e. The van der Waals surface area contributed by atoms with Gasteiger partial charge in [-0.2, -0.15) is 0 Å². The maximum absolute atomic E-state index is 6.00. The first kappa shape index (κ1) is 13.2. The first-order valence-corrected chi connectivity index (χ1v) is 7.03. The Bertz CT molecular complexity index is 511. The molecule has 2 N–H and O–H groups in total. The predicted molar refractivity (Wildman–Crippen MR) is 79.3 cm³/mol. The molecule has 2 rings (SSSR count). The van der Waals surface area contributed by atoms with Crippen LogP contribution in [0.4, 0.5) is 11.5 Å². The van der Waals surface area contributed by atoms with E-state index in [0.717, 1.165) is 12.4 Å². The normalized spacial score (nSPS) is 10.9. The Labute approximate surface area is 116 Å². The Morgan fingerprint density at radius 3 is 2.83 bits per heavy atom. The van der Waals surface area contributed by atoms with Gasteiger partial charge >= 0.3 is 0 Å². The number of nitrogens with zero attached hydrogens (tertiary/aromatic N) is 2. The van der Waals surface area contributed by atoms with E-state index in [2.05, 4.69) is 41.2 Å². The van der Waals surface area contributed by atoms with Crippen LogP contribution in [0, 0.1) is 0 Å². The highest BCUT2D eigenvalue weighted by Gasteiger charge is 2.16. The summed E-state index contributed by atoms with van der Waals surface area (Å²) in [6.07, 6.45) is 1.64. The third kappa shape index (κ3) is 2.94. The minimum absolute atomic E-state index is 0.322. The molecule has 18 heavy (non-hydrogen) atoms. The van der Waals surface area contributed by atoms with Crippen molar-refractivity contribution in [1.29, 1.82) is 0 Å². The standard InChI is InChI=1S/C13H16ClN3S/c1-9(2)17(8-11-4-3-5-18-11)13-12(15)6-10(14)7-16-13/h3-7,9H,8,15H2,1-2H3. The molecule has 2 aromatic rings. The zero-order valence-electron chi connectivity index (χ0n) is 10.4. The topological polar surface area (TPSA) is 42.2 Å². The number of nitrogen functional groups attached to an aromatic ring is 1. The fourth-order valence-electron chi connectivity index (χ4n) is 1.76. The van der Waals surface area contributed by atoms with Crippen molar-refractivity contribution in [3.63, 3.8) is 0 Å². The van der Waals surface area contributed by atoms with E-state index in [4.69, 9.17) is 17.3 Å². The lowest BCUT2D eigenvalue weighted by atomic mass is 10.2. The number of nitrogens with two attached hydrogens (primary N) is 1. The van der Waals surface area contributed by atoms with E-state index in [9.17, 15) is 0 Å². The highest BCUT2D eigenvalue weighted by atomic mass is 35.5. The van der Waals surface area contributed by atoms with E-state index in [0.29, 0.717) is 16.8 Å². The molecule has 0 amide bonds. The molecule has 0 unspecified atom stereocenters. The van der Waals surface area contributed by atoms with Crippen LogP contribution in [0.25, 0.3) is 0 Å². The van der Waals surface area contributed by atoms with Crippen molar-refractivity contribution in [1.82, 2.24) is 4.98 Å². The van der Waals surface area contributed by atoms with Crippen LogP contribution in [0.1, 0.15) is 18.7 Å². The van der Waals surface area contributed by atoms with Gasteiger partial charge in [-0.15, -0.1) is 11.3 Å². The molecule has 0 saturated heterocycles. The molecule has 0 spiro atoms. The summed E-state index contributed by atoms with van der Waals surface area (Å²) in [5.74, 6) is 0.794. The van der Waals surface area contributed by atoms with Gasteiger partial charge in [0, 0.05) is 17.1 Å². The smallest absolute Gasteiger partial charge is 0.152 e. The van der Waals surface area contributed by atoms with Crippen molar-refractivity contribution < 1.29 is 0 Å². The summed E-state index contributed by atoms with van der Waals surface area (Å²) in [6, 6.07) is 6.24. The molecule has 0 bridgehead atoms. The number of pyridine rings is 1. The predicted octanol–water partition coefficient (Wildman–Crippen LogP) is 3.79. The van der Waals surface area contributed by atoms with Gasteiger partial charge < -0.3 is 10.6 Å². The van der Waals surface area contributed by atoms with Crippen molar-refractivity contribution in [3.05, 3.63) is 39.7 Å². The number of anilines is 2. The molecule has 0 aliphatic carbocycles. The Hall–Kier alpha value is -1.26. The van der Waals surface area contributed by atoms with Gasteiger partial charge in [0.25, 0.3) is 0 Å². The third-order valence-corrected chi connectivity index (χ3v) is 3.73. The third-order valence-electron chi connectivity index (χ3n) is 2.66. The number of rotatable bonds is 4. The molecular formula is C13H16ClN3S. The molecule has 2 heterocycles. The van der Waals surface area contributed by atoms with Crippen molar-refractivity contribution >= 4 is 34.4 Å². The summed E-state index contributed by atoms with van der Waals surface area (Å²) in [6.45, 7) is 5.07. The summed E-state index contributed by atoms with van der Waals surface area (Å²) in [5.41, 5.74) is 6.62. The Morgan fingerprint density at radius 1 is 1.50 bits per heavy atom. The fourth-order valence-corrected chi connectivity index (χ4v) is 2.63. The monoisotopic (exact) mass is 281 g/mol. The van der Waals surface area contributed by atoms with Crippen LogP contribution in [0.5, 0.6) is 0 Å². The zero-order valence-corrected chi connectivity index (χ0v) is 12.0. The molecule has 96 valence electrons. The van der Waals surface area contributed by atoms with E-state index in [1.807, 2.05) is 0 Å². The van der Waals surface area contributed by atoms with Gasteiger partial charge in [0.1, 0.15) is 0 Å². The van der Waals surface area contributed by atoms with E-state index < -0.39 is 0 Å². The van der Waals surface area contributed by atoms with Crippen molar-refractivity contribution in [2.75, 3.05) is 10.6 Å². The first-order chi connectivity index (χ1) is 8.58. The van der Waals surface area contributed by atoms with Crippen molar-refractivity contribution in [2.24, 2.45) is 0 Å². The zero-order chi connectivity index (χ0) is 13.1. The van der Waals surface area contributed by atoms with Crippen molar-refractivity contribution in [2.45, 2.75) is 26.4 Å². The highest BCUT2D eigenvalue weighted by Crippen LogP contribution is 2.27. The van der Waals surface area contributed by atoms with Gasteiger partial charge in [-0.05, 0) is 31.4 Å². The Morgan fingerprint density at radius 2 is 2.28 bits per heavy atom. The summed E-state index contributed by atoms with van der Waals surface area (Å²) >= 11 is 7.62. The van der Waals surface area contributed by atoms with Crippen LogP contribution >= 0.6 is 22.9 Å². The largest absolute Gasteiger partial charge is 0.396 e. The summed E-state index contributed by atoms with van der Waals surface area (Å²) in [5, 5.41) is 2.64. The van der Waals surface area contributed by atoms with E-state index in [1.54, 1.807) is 23.6 Å². The van der Waals surface area contributed by atoms with Crippen LogP contribution < -0.4 is 10.6 Å². The van der Waals surface area contributed by atoms with E-state index in [-0.39, 0.29) is 0 Å². The molecular weight excluding hydrogens is 266 g/mol. The molecule has 0 aromatic carbocycles. The van der Waals surface area contributed by atoms with Gasteiger partial charge in [0.15, 0.2) is 5.82 Å². The molecule has 3 nitrogen and oxygen atoms in total. The first-order valence-electron chi connectivity index (χ1n) is 5.78. The number of halogens is 1. The van der Waals surface area contributed by atoms with Crippen LogP contribution in [-0.4, -0.2) is 11.0 Å². The fraction of sp³-hybridized carbons (Fsp3) is 0.308. The number of thiophene rings is 1.